The lowest BCUT2D eigenvalue weighted by molar-refractivity contribution is -0.384. The Bertz CT molecular complexity index is 646. The number of piperidine rings is 1. The third kappa shape index (κ3) is 3.56. The zero-order valence-corrected chi connectivity index (χ0v) is 12.0. The minimum atomic E-state index is -0.444. The number of nitrogens with zero attached hydrogens (tertiary/aromatic N) is 3. The van der Waals surface area contributed by atoms with Gasteiger partial charge in [0, 0.05) is 12.1 Å². The SMILES string of the molecule is Cl.O=[N+]([O-])c1ccc2nc(OC3CCNCC3)cnc2c1. The number of hydrogen-bond acceptors (Lipinski definition) is 6. The van der Waals surface area contributed by atoms with Gasteiger partial charge in [0.15, 0.2) is 0 Å². The number of aromatic nitrogens is 2. The lowest BCUT2D eigenvalue weighted by Crippen LogP contribution is -2.34. The van der Waals surface area contributed by atoms with Crippen molar-refractivity contribution in [2.75, 3.05) is 13.1 Å². The van der Waals surface area contributed by atoms with Crippen LogP contribution in [0.1, 0.15) is 12.8 Å². The molecule has 21 heavy (non-hydrogen) atoms. The smallest absolute Gasteiger partial charge is 0.271 e. The summed E-state index contributed by atoms with van der Waals surface area (Å²) in [6.07, 6.45) is 3.56. The normalized spacial score (nSPS) is 15.4. The monoisotopic (exact) mass is 310 g/mol. The Morgan fingerprint density at radius 3 is 2.76 bits per heavy atom. The topological polar surface area (TPSA) is 90.2 Å². The maximum Gasteiger partial charge on any atom is 0.271 e. The van der Waals surface area contributed by atoms with Gasteiger partial charge in [-0.2, -0.15) is 0 Å². The molecule has 2 aromatic rings. The molecule has 3 rings (SSSR count). The van der Waals surface area contributed by atoms with E-state index in [1.807, 2.05) is 0 Å². The molecule has 0 bridgehead atoms. The first-order valence-corrected chi connectivity index (χ1v) is 6.51. The summed E-state index contributed by atoms with van der Waals surface area (Å²) in [6, 6.07) is 4.43. The van der Waals surface area contributed by atoms with Crippen LogP contribution in [0.25, 0.3) is 11.0 Å². The molecule has 1 aliphatic heterocycles. The van der Waals surface area contributed by atoms with Crippen molar-refractivity contribution in [3.8, 4) is 5.88 Å². The molecule has 1 aromatic carbocycles. The Kier molecular flexibility index (Phi) is 4.87. The average molecular weight is 311 g/mol. The number of non-ortho nitro benzene ring substituents is 1. The molecule has 7 nitrogen and oxygen atoms in total. The van der Waals surface area contributed by atoms with Crippen molar-refractivity contribution in [2.24, 2.45) is 0 Å². The second-order valence-corrected chi connectivity index (χ2v) is 4.71. The molecule has 8 heteroatoms. The molecule has 0 radical (unpaired) electrons. The van der Waals surface area contributed by atoms with Crippen molar-refractivity contribution in [1.82, 2.24) is 15.3 Å². The maximum atomic E-state index is 10.7. The molecule has 2 heterocycles. The van der Waals surface area contributed by atoms with Crippen molar-refractivity contribution in [2.45, 2.75) is 18.9 Å². The molecule has 112 valence electrons. The predicted octanol–water partition coefficient (Wildman–Crippen LogP) is 2.09. The van der Waals surface area contributed by atoms with Crippen LogP contribution in [-0.2, 0) is 0 Å². The molecule has 0 spiro atoms. The van der Waals surface area contributed by atoms with Crippen LogP contribution in [-0.4, -0.2) is 34.1 Å². The summed E-state index contributed by atoms with van der Waals surface area (Å²) in [5, 5.41) is 14.0. The number of ether oxygens (including phenoxy) is 1. The molecule has 1 aliphatic rings. The van der Waals surface area contributed by atoms with E-state index in [1.54, 1.807) is 6.07 Å². The van der Waals surface area contributed by atoms with Crippen molar-refractivity contribution in [3.05, 3.63) is 34.5 Å². The highest BCUT2D eigenvalue weighted by atomic mass is 35.5. The summed E-state index contributed by atoms with van der Waals surface area (Å²) in [5.74, 6) is 0.471. The molecule has 1 fully saturated rings. The van der Waals surface area contributed by atoms with Gasteiger partial charge >= 0.3 is 0 Å². The third-order valence-electron chi connectivity index (χ3n) is 3.29. The second-order valence-electron chi connectivity index (χ2n) is 4.71. The molecular formula is C13H15ClN4O3. The fourth-order valence-electron chi connectivity index (χ4n) is 2.24. The van der Waals surface area contributed by atoms with E-state index >= 15 is 0 Å². The van der Waals surface area contributed by atoms with Crippen molar-refractivity contribution < 1.29 is 9.66 Å². The second kappa shape index (κ2) is 6.64. The number of nitro groups is 1. The molecule has 0 unspecified atom stereocenters. The Morgan fingerprint density at radius 2 is 2.05 bits per heavy atom. The lowest BCUT2D eigenvalue weighted by Gasteiger charge is -2.23. The summed E-state index contributed by atoms with van der Waals surface area (Å²) >= 11 is 0. The molecule has 0 saturated carbocycles. The Balaban J connectivity index is 0.00000161. The summed E-state index contributed by atoms with van der Waals surface area (Å²) in [6.45, 7) is 1.88. The van der Waals surface area contributed by atoms with E-state index in [1.165, 1.54) is 18.3 Å². The van der Waals surface area contributed by atoms with Crippen LogP contribution in [0.4, 0.5) is 5.69 Å². The van der Waals surface area contributed by atoms with Crippen LogP contribution < -0.4 is 10.1 Å². The first-order chi connectivity index (χ1) is 9.72. The zero-order chi connectivity index (χ0) is 13.9. The number of nitrogens with one attached hydrogen (secondary N) is 1. The van der Waals surface area contributed by atoms with Crippen LogP contribution in [0.2, 0.25) is 0 Å². The van der Waals surface area contributed by atoms with Crippen LogP contribution in [0.5, 0.6) is 5.88 Å². The molecule has 1 saturated heterocycles. The van der Waals surface area contributed by atoms with E-state index in [-0.39, 0.29) is 24.2 Å². The van der Waals surface area contributed by atoms with E-state index < -0.39 is 4.92 Å². The van der Waals surface area contributed by atoms with Crippen LogP contribution in [0, 0.1) is 10.1 Å². The van der Waals surface area contributed by atoms with Crippen LogP contribution in [0.3, 0.4) is 0 Å². The molecule has 0 amide bonds. The molecule has 1 aromatic heterocycles. The summed E-state index contributed by atoms with van der Waals surface area (Å²) in [4.78, 5) is 18.8. The van der Waals surface area contributed by atoms with Crippen molar-refractivity contribution in [1.29, 1.82) is 0 Å². The molecule has 1 N–H and O–H groups in total. The summed E-state index contributed by atoms with van der Waals surface area (Å²) in [7, 11) is 0. The summed E-state index contributed by atoms with van der Waals surface area (Å²) < 4.78 is 5.79. The minimum absolute atomic E-state index is 0. The van der Waals surface area contributed by atoms with Gasteiger partial charge < -0.3 is 10.1 Å². The van der Waals surface area contributed by atoms with Gasteiger partial charge in [-0.25, -0.2) is 9.97 Å². The largest absolute Gasteiger partial charge is 0.473 e. The fourth-order valence-corrected chi connectivity index (χ4v) is 2.24. The number of hydrogen-bond donors (Lipinski definition) is 1. The van der Waals surface area contributed by atoms with Gasteiger partial charge in [-0.15, -0.1) is 12.4 Å². The minimum Gasteiger partial charge on any atom is -0.473 e. The highest BCUT2D eigenvalue weighted by molar-refractivity contribution is 5.85. The zero-order valence-electron chi connectivity index (χ0n) is 11.2. The standard InChI is InChI=1S/C13H14N4O3.ClH/c18-17(19)9-1-2-11-12(7-9)15-8-13(16-11)20-10-3-5-14-6-4-10;/h1-2,7-8,10,14H,3-6H2;1H. The van der Waals surface area contributed by atoms with Gasteiger partial charge in [0.1, 0.15) is 6.10 Å². The average Bonchev–Trinajstić information content (AvgIpc) is 2.47. The summed E-state index contributed by atoms with van der Waals surface area (Å²) in [5.41, 5.74) is 1.11. The van der Waals surface area contributed by atoms with E-state index in [9.17, 15) is 10.1 Å². The van der Waals surface area contributed by atoms with Gasteiger partial charge in [0.25, 0.3) is 5.69 Å². The van der Waals surface area contributed by atoms with Gasteiger partial charge in [-0.3, -0.25) is 10.1 Å². The van der Waals surface area contributed by atoms with Crippen molar-refractivity contribution >= 4 is 29.1 Å². The van der Waals surface area contributed by atoms with Crippen LogP contribution in [0.15, 0.2) is 24.4 Å². The number of nitro benzene ring substituents is 1. The Morgan fingerprint density at radius 1 is 1.29 bits per heavy atom. The van der Waals surface area contributed by atoms with Gasteiger partial charge in [0.05, 0.1) is 22.2 Å². The molecular weight excluding hydrogens is 296 g/mol. The highest BCUT2D eigenvalue weighted by Gasteiger charge is 2.16. The van der Waals surface area contributed by atoms with Gasteiger partial charge in [-0.1, -0.05) is 0 Å². The van der Waals surface area contributed by atoms with E-state index in [4.69, 9.17) is 4.74 Å². The quantitative estimate of drug-likeness (QED) is 0.689. The van der Waals surface area contributed by atoms with Gasteiger partial charge in [-0.05, 0) is 32.0 Å². The maximum absolute atomic E-state index is 10.7. The predicted molar refractivity (Wildman–Crippen MR) is 80.0 cm³/mol. The number of rotatable bonds is 3. The number of benzene rings is 1. The fraction of sp³-hybridized carbons (Fsp3) is 0.385. The molecule has 0 aliphatic carbocycles. The third-order valence-corrected chi connectivity index (χ3v) is 3.29. The Hall–Kier alpha value is -1.99. The van der Waals surface area contributed by atoms with E-state index in [2.05, 4.69) is 15.3 Å². The first kappa shape index (κ1) is 15.4. The number of halogens is 1. The Labute approximate surface area is 127 Å². The van der Waals surface area contributed by atoms with Crippen molar-refractivity contribution in [3.63, 3.8) is 0 Å². The lowest BCUT2D eigenvalue weighted by atomic mass is 10.1. The van der Waals surface area contributed by atoms with Gasteiger partial charge in [0.2, 0.25) is 5.88 Å². The van der Waals surface area contributed by atoms with Crippen LogP contribution >= 0.6 is 12.4 Å². The molecule has 0 atom stereocenters. The first-order valence-electron chi connectivity index (χ1n) is 6.51. The van der Waals surface area contributed by atoms with E-state index in [0.29, 0.717) is 16.9 Å². The highest BCUT2D eigenvalue weighted by Crippen LogP contribution is 2.21. The van der Waals surface area contributed by atoms with E-state index in [0.717, 1.165) is 25.9 Å². The number of fused-ring (bicyclic) bond motifs is 1.